The molecule has 0 heterocycles. The van der Waals surface area contributed by atoms with Crippen molar-refractivity contribution < 1.29 is 57.4 Å². The second-order valence-corrected chi connectivity index (χ2v) is 15.1. The summed E-state index contributed by atoms with van der Waals surface area (Å²) in [5, 5.41) is 27.0. The van der Waals surface area contributed by atoms with Crippen LogP contribution in [0.5, 0.6) is 17.2 Å². The van der Waals surface area contributed by atoms with E-state index in [1.807, 2.05) is 97.9 Å². The zero-order chi connectivity index (χ0) is 50.3. The number of alkyl halides is 3. The number of hydrogen-bond donors (Lipinski definition) is 6. The molecule has 0 aliphatic heterocycles. The molecule has 70 heavy (non-hydrogen) atoms. The van der Waals surface area contributed by atoms with Crippen LogP contribution in [-0.4, -0.2) is 46.6 Å². The van der Waals surface area contributed by atoms with Gasteiger partial charge in [0.1, 0.15) is 30.5 Å². The van der Waals surface area contributed by atoms with Crippen molar-refractivity contribution in [2.75, 3.05) is 13.2 Å². The molecule has 0 aromatic heterocycles. The molecule has 360 valence electrons. The lowest BCUT2D eigenvalue weighted by molar-refractivity contribution is -0.137. The SMILES string of the molecule is C#CCOc1ccc(C(C(=O)NO)c2ccccc2)cc1.CCOc1ccc(C(C(=O)NO)c2ccccc2)cc1.O=C(NO)C(c1ccccc1)c1cccc(OCc2cccc(C(F)(F)F)c2)c1. The first-order valence-electron chi connectivity index (χ1n) is 21.6. The smallest absolute Gasteiger partial charge is 0.416 e. The van der Waals surface area contributed by atoms with Crippen molar-refractivity contribution >= 4 is 17.7 Å². The van der Waals surface area contributed by atoms with Gasteiger partial charge in [-0.25, -0.2) is 16.4 Å². The molecule has 0 fully saturated rings. The molecule has 7 aromatic carbocycles. The molecule has 15 heteroatoms. The lowest BCUT2D eigenvalue weighted by Crippen LogP contribution is -2.27. The number of halogens is 3. The zero-order valence-electron chi connectivity index (χ0n) is 37.8. The Bertz CT molecular complexity index is 2760. The fraction of sp³-hybridized carbons (Fsp3) is 0.145. The largest absolute Gasteiger partial charge is 0.494 e. The fourth-order valence-corrected chi connectivity index (χ4v) is 7.21. The van der Waals surface area contributed by atoms with Gasteiger partial charge in [-0.3, -0.25) is 30.0 Å². The first kappa shape index (κ1) is 52.5. The molecule has 0 bridgehead atoms. The number of carbonyl (C=O) groups excluding carboxylic acids is 3. The number of benzene rings is 7. The van der Waals surface area contributed by atoms with E-state index in [2.05, 4.69) is 5.92 Å². The van der Waals surface area contributed by atoms with Crippen LogP contribution in [0.15, 0.2) is 188 Å². The highest BCUT2D eigenvalue weighted by Gasteiger charge is 2.30. The van der Waals surface area contributed by atoms with E-state index < -0.39 is 47.2 Å². The van der Waals surface area contributed by atoms with Gasteiger partial charge in [0.2, 0.25) is 0 Å². The third-order valence-electron chi connectivity index (χ3n) is 10.4. The van der Waals surface area contributed by atoms with E-state index in [0.717, 1.165) is 40.1 Å². The first-order chi connectivity index (χ1) is 33.9. The van der Waals surface area contributed by atoms with E-state index in [1.165, 1.54) is 6.07 Å². The number of hydroxylamine groups is 3. The van der Waals surface area contributed by atoms with Crippen LogP contribution in [0.4, 0.5) is 13.2 Å². The summed E-state index contributed by atoms with van der Waals surface area (Å²) in [5.41, 5.74) is 9.16. The minimum Gasteiger partial charge on any atom is -0.494 e. The summed E-state index contributed by atoms with van der Waals surface area (Å²) in [7, 11) is 0. The summed E-state index contributed by atoms with van der Waals surface area (Å²) in [5.74, 6) is 0.725. The molecule has 3 amide bonds. The van der Waals surface area contributed by atoms with Crippen molar-refractivity contribution in [3.63, 3.8) is 0 Å². The lowest BCUT2D eigenvalue weighted by Gasteiger charge is -2.17. The van der Waals surface area contributed by atoms with Crippen LogP contribution in [0.25, 0.3) is 0 Å². The normalized spacial score (nSPS) is 11.8. The second-order valence-electron chi connectivity index (χ2n) is 15.1. The van der Waals surface area contributed by atoms with E-state index in [4.69, 9.17) is 36.3 Å². The Kier molecular flexibility index (Phi) is 20.1. The van der Waals surface area contributed by atoms with Gasteiger partial charge in [0, 0.05) is 0 Å². The molecule has 0 radical (unpaired) electrons. The Morgan fingerprint density at radius 3 is 1.31 bits per heavy atom. The molecule has 7 aromatic rings. The number of rotatable bonds is 16. The second kappa shape index (κ2) is 26.8. The monoisotopic (exact) mass is 953 g/mol. The van der Waals surface area contributed by atoms with E-state index in [9.17, 15) is 27.6 Å². The molecular weight excluding hydrogens is 904 g/mol. The maximum atomic E-state index is 12.8. The van der Waals surface area contributed by atoms with Gasteiger partial charge in [0.05, 0.1) is 29.9 Å². The minimum absolute atomic E-state index is 0.0599. The zero-order valence-corrected chi connectivity index (χ0v) is 37.8. The van der Waals surface area contributed by atoms with Crippen molar-refractivity contribution in [2.45, 2.75) is 37.5 Å². The first-order valence-corrected chi connectivity index (χ1v) is 21.6. The third kappa shape index (κ3) is 15.3. The van der Waals surface area contributed by atoms with Gasteiger partial charge in [0.15, 0.2) is 0 Å². The Balaban J connectivity index is 0.000000200. The van der Waals surface area contributed by atoms with Crippen molar-refractivity contribution in [1.82, 2.24) is 16.4 Å². The third-order valence-corrected chi connectivity index (χ3v) is 10.4. The van der Waals surface area contributed by atoms with Gasteiger partial charge >= 0.3 is 6.18 Å². The number of terminal acetylenes is 1. The van der Waals surface area contributed by atoms with E-state index >= 15 is 0 Å². The Morgan fingerprint density at radius 1 is 0.500 bits per heavy atom. The van der Waals surface area contributed by atoms with Gasteiger partial charge < -0.3 is 14.2 Å². The molecule has 0 aliphatic carbocycles. The predicted octanol–water partition coefficient (Wildman–Crippen LogP) is 9.98. The van der Waals surface area contributed by atoms with E-state index in [-0.39, 0.29) is 13.2 Å². The van der Waals surface area contributed by atoms with Gasteiger partial charge in [-0.1, -0.05) is 145 Å². The van der Waals surface area contributed by atoms with Crippen LogP contribution in [0, 0.1) is 12.3 Å². The van der Waals surface area contributed by atoms with Crippen LogP contribution in [-0.2, 0) is 27.2 Å². The highest BCUT2D eigenvalue weighted by atomic mass is 19.4. The fourth-order valence-electron chi connectivity index (χ4n) is 7.21. The average Bonchev–Trinajstić information content (AvgIpc) is 3.39. The standard InChI is InChI=1S/C22H18F3NO3.C17H15NO3.C16H17NO3/c23-22(24,25)18-10-4-6-15(12-18)14-29-19-11-5-9-17(13-19)20(21(27)26-28)16-7-2-1-3-8-16;1-2-12-21-15-10-8-14(9-11-15)16(17(19)18-20)13-6-4-3-5-7-13;1-2-20-14-10-8-13(9-11-14)15(16(18)17-19)12-6-4-3-5-7-12/h1-13,20,28H,14H2,(H,26,27);1,3-11,16,20H,12H2,(H,18,19);3-11,15,19H,2H2,1H3,(H,17,18). The quantitative estimate of drug-likeness (QED) is 0.0313. The summed E-state index contributed by atoms with van der Waals surface area (Å²) in [6, 6.07) is 53.4. The topological polar surface area (TPSA) is 176 Å². The number of hydrogen-bond acceptors (Lipinski definition) is 9. The molecular formula is C55H50F3N3O9. The molecule has 3 atom stereocenters. The van der Waals surface area contributed by atoms with Crippen molar-refractivity contribution in [1.29, 1.82) is 0 Å². The highest BCUT2D eigenvalue weighted by molar-refractivity contribution is 5.87. The number of nitrogens with one attached hydrogen (secondary N) is 3. The molecule has 6 N–H and O–H groups in total. The number of ether oxygens (including phenoxy) is 3. The van der Waals surface area contributed by atoms with Gasteiger partial charge in [-0.05, 0) is 94.4 Å². The average molecular weight is 954 g/mol. The van der Waals surface area contributed by atoms with Gasteiger partial charge in [-0.2, -0.15) is 13.2 Å². The summed E-state index contributed by atoms with van der Waals surface area (Å²) < 4.78 is 54.9. The van der Waals surface area contributed by atoms with Crippen LogP contribution in [0.3, 0.4) is 0 Å². The Hall–Kier alpha value is -8.42. The number of amides is 3. The molecule has 0 spiro atoms. The minimum atomic E-state index is -4.42. The summed E-state index contributed by atoms with van der Waals surface area (Å²) in [4.78, 5) is 36.1. The Morgan fingerprint density at radius 2 is 0.900 bits per heavy atom. The summed E-state index contributed by atoms with van der Waals surface area (Å²) >= 11 is 0. The maximum absolute atomic E-state index is 12.8. The van der Waals surface area contributed by atoms with Gasteiger partial charge in [-0.15, -0.1) is 6.42 Å². The summed E-state index contributed by atoms with van der Waals surface area (Å²) in [6.45, 7) is 2.65. The van der Waals surface area contributed by atoms with Crippen LogP contribution >= 0.6 is 0 Å². The van der Waals surface area contributed by atoms with Crippen LogP contribution in [0.2, 0.25) is 0 Å². The van der Waals surface area contributed by atoms with Crippen molar-refractivity contribution in [3.8, 4) is 29.6 Å². The van der Waals surface area contributed by atoms with Crippen LogP contribution in [0.1, 0.15) is 69.2 Å². The van der Waals surface area contributed by atoms with E-state index in [0.29, 0.717) is 34.8 Å². The molecule has 12 nitrogen and oxygen atoms in total. The maximum Gasteiger partial charge on any atom is 0.416 e. The predicted molar refractivity (Wildman–Crippen MR) is 255 cm³/mol. The molecule has 0 saturated heterocycles. The van der Waals surface area contributed by atoms with E-state index in [1.54, 1.807) is 95.3 Å². The molecule has 0 saturated carbocycles. The molecule has 0 aliphatic rings. The molecule has 3 unspecified atom stereocenters. The van der Waals surface area contributed by atoms with Crippen molar-refractivity contribution in [3.05, 3.63) is 233 Å². The molecule has 7 rings (SSSR count). The van der Waals surface area contributed by atoms with Crippen LogP contribution < -0.4 is 30.7 Å². The number of carbonyl (C=O) groups is 3. The highest BCUT2D eigenvalue weighted by Crippen LogP contribution is 2.32. The van der Waals surface area contributed by atoms with Crippen molar-refractivity contribution in [2.24, 2.45) is 0 Å². The lowest BCUT2D eigenvalue weighted by atomic mass is 9.90. The Labute approximate surface area is 403 Å². The summed E-state index contributed by atoms with van der Waals surface area (Å²) in [6.07, 6.45) is 0.712. The van der Waals surface area contributed by atoms with Gasteiger partial charge in [0.25, 0.3) is 17.7 Å².